The first-order valence-electron chi connectivity index (χ1n) is 8.63. The van der Waals surface area contributed by atoms with E-state index < -0.39 is 23.2 Å². The lowest BCUT2D eigenvalue weighted by atomic mass is 10.2. The summed E-state index contributed by atoms with van der Waals surface area (Å²) >= 11 is 0.817. The molecule has 1 aromatic carbocycles. The second-order valence-electron chi connectivity index (χ2n) is 6.46. The number of amides is 2. The van der Waals surface area contributed by atoms with Crippen molar-refractivity contribution in [2.45, 2.75) is 13.0 Å². The predicted octanol–water partition coefficient (Wildman–Crippen LogP) is 3.14. The summed E-state index contributed by atoms with van der Waals surface area (Å²) in [5, 5.41) is -0.484. The highest BCUT2D eigenvalue weighted by Crippen LogP contribution is 2.34. The summed E-state index contributed by atoms with van der Waals surface area (Å²) in [7, 11) is 5.17. The number of rotatable bonds is 5. The van der Waals surface area contributed by atoms with E-state index >= 15 is 0 Å². The fraction of sp³-hybridized carbons (Fsp3) is 0.250. The van der Waals surface area contributed by atoms with Gasteiger partial charge in [-0.1, -0.05) is 0 Å². The molecule has 28 heavy (non-hydrogen) atoms. The fourth-order valence-corrected chi connectivity index (χ4v) is 3.78. The molecule has 0 spiro atoms. The molecule has 1 aromatic heterocycles. The molecule has 7 nitrogen and oxygen atoms in total. The van der Waals surface area contributed by atoms with Crippen molar-refractivity contribution in [2.75, 3.05) is 26.1 Å². The molecule has 146 valence electrons. The highest BCUT2D eigenvalue weighted by atomic mass is 32.2. The normalized spacial score (nSPS) is 16.6. The van der Waals surface area contributed by atoms with Gasteiger partial charge in [0.2, 0.25) is 0 Å². The van der Waals surface area contributed by atoms with Gasteiger partial charge in [0.1, 0.15) is 6.04 Å². The Kier molecular flexibility index (Phi) is 5.60. The van der Waals surface area contributed by atoms with Crippen LogP contribution < -0.4 is 4.90 Å². The Balaban J connectivity index is 1.89. The Morgan fingerprint density at radius 3 is 2.46 bits per heavy atom. The highest BCUT2D eigenvalue weighted by molar-refractivity contribution is 8.18. The number of nitrogens with zero attached hydrogens (tertiary/aromatic N) is 3. The molecule has 0 bridgehead atoms. The van der Waals surface area contributed by atoms with Crippen molar-refractivity contribution in [1.29, 1.82) is 0 Å². The molecule has 3 rings (SSSR count). The van der Waals surface area contributed by atoms with Crippen LogP contribution in [0.1, 0.15) is 12.6 Å². The predicted molar refractivity (Wildman–Crippen MR) is 109 cm³/mol. The summed E-state index contributed by atoms with van der Waals surface area (Å²) in [6.45, 7) is 1.47. The van der Waals surface area contributed by atoms with Gasteiger partial charge in [-0.15, -0.1) is 0 Å². The smallest absolute Gasteiger partial charge is 0.328 e. The van der Waals surface area contributed by atoms with Gasteiger partial charge in [-0.25, -0.2) is 4.79 Å². The van der Waals surface area contributed by atoms with E-state index in [1.54, 1.807) is 6.08 Å². The first kappa shape index (κ1) is 19.8. The second kappa shape index (κ2) is 7.93. The molecule has 1 atom stereocenters. The first-order chi connectivity index (χ1) is 13.3. The van der Waals surface area contributed by atoms with Crippen LogP contribution in [-0.4, -0.2) is 53.8 Å². The van der Waals surface area contributed by atoms with Gasteiger partial charge in [0.25, 0.3) is 11.1 Å². The lowest BCUT2D eigenvalue weighted by Gasteiger charge is -2.18. The molecule has 8 heteroatoms. The van der Waals surface area contributed by atoms with E-state index in [-0.39, 0.29) is 4.91 Å². The van der Waals surface area contributed by atoms with Crippen LogP contribution in [0.25, 0.3) is 11.8 Å². The number of aromatic nitrogens is 1. The molecule has 0 aliphatic carbocycles. The number of thioether (sulfide) groups is 1. The topological polar surface area (TPSA) is 71.8 Å². The van der Waals surface area contributed by atoms with Crippen molar-refractivity contribution in [1.82, 2.24) is 9.47 Å². The van der Waals surface area contributed by atoms with Crippen molar-refractivity contribution in [3.8, 4) is 5.69 Å². The van der Waals surface area contributed by atoms with Gasteiger partial charge in [0, 0.05) is 37.4 Å². The van der Waals surface area contributed by atoms with Crippen molar-refractivity contribution in [3.63, 3.8) is 0 Å². The zero-order valence-electron chi connectivity index (χ0n) is 16.1. The number of hydrogen-bond donors (Lipinski definition) is 0. The molecule has 1 fully saturated rings. The number of hydrogen-bond acceptors (Lipinski definition) is 6. The molecular weight excluding hydrogens is 378 g/mol. The van der Waals surface area contributed by atoms with Crippen LogP contribution in [0.2, 0.25) is 0 Å². The third-order valence-corrected chi connectivity index (χ3v) is 5.34. The Hall–Kier alpha value is -3.00. The lowest BCUT2D eigenvalue weighted by Crippen LogP contribution is -2.42. The maximum absolute atomic E-state index is 12.7. The third kappa shape index (κ3) is 3.68. The van der Waals surface area contributed by atoms with Crippen LogP contribution in [0.3, 0.4) is 0 Å². The summed E-state index contributed by atoms with van der Waals surface area (Å²) in [5.74, 6) is -1.13. The van der Waals surface area contributed by atoms with Crippen LogP contribution >= 0.6 is 11.8 Å². The average Bonchev–Trinajstić information content (AvgIpc) is 3.25. The lowest BCUT2D eigenvalue weighted by molar-refractivity contribution is -0.148. The van der Waals surface area contributed by atoms with Gasteiger partial charge in [-0.2, -0.15) is 0 Å². The van der Waals surface area contributed by atoms with Crippen LogP contribution in [0.5, 0.6) is 0 Å². The Bertz CT molecular complexity index is 947. The van der Waals surface area contributed by atoms with Crippen LogP contribution in [0.15, 0.2) is 47.5 Å². The summed E-state index contributed by atoms with van der Waals surface area (Å²) in [6, 6.07) is 10.7. The van der Waals surface area contributed by atoms with Gasteiger partial charge in [0.15, 0.2) is 0 Å². The van der Waals surface area contributed by atoms with E-state index in [2.05, 4.69) is 4.74 Å². The first-order valence-corrected chi connectivity index (χ1v) is 9.45. The number of methoxy groups -OCH3 is 1. The van der Waals surface area contributed by atoms with Gasteiger partial charge in [-0.3, -0.25) is 14.5 Å². The molecule has 1 saturated heterocycles. The largest absolute Gasteiger partial charge is 0.467 e. The molecule has 1 aliphatic rings. The quantitative estimate of drug-likeness (QED) is 0.568. The molecule has 2 aromatic rings. The van der Waals surface area contributed by atoms with E-state index in [0.29, 0.717) is 0 Å². The molecule has 1 aliphatic heterocycles. The molecular formula is C20H21N3O4S. The zero-order chi connectivity index (χ0) is 20.4. The number of esters is 1. The highest BCUT2D eigenvalue weighted by Gasteiger charge is 2.41. The van der Waals surface area contributed by atoms with E-state index in [4.69, 9.17) is 0 Å². The van der Waals surface area contributed by atoms with Crippen LogP contribution in [0.4, 0.5) is 10.5 Å². The van der Waals surface area contributed by atoms with Crippen LogP contribution in [0, 0.1) is 0 Å². The molecule has 2 heterocycles. The number of imide groups is 1. The maximum Gasteiger partial charge on any atom is 0.328 e. The monoisotopic (exact) mass is 399 g/mol. The van der Waals surface area contributed by atoms with Gasteiger partial charge in [-0.05, 0) is 61.2 Å². The van der Waals surface area contributed by atoms with Crippen LogP contribution in [-0.2, 0) is 14.3 Å². The van der Waals surface area contributed by atoms with E-state index in [0.717, 1.165) is 33.7 Å². The van der Waals surface area contributed by atoms with Crippen molar-refractivity contribution >= 4 is 40.6 Å². The number of carbonyl (C=O) groups excluding carboxylic acids is 3. The van der Waals surface area contributed by atoms with Gasteiger partial charge >= 0.3 is 5.97 Å². The van der Waals surface area contributed by atoms with Gasteiger partial charge < -0.3 is 14.2 Å². The zero-order valence-corrected chi connectivity index (χ0v) is 16.9. The minimum atomic E-state index is -0.964. The van der Waals surface area contributed by atoms with Crippen molar-refractivity contribution in [3.05, 3.63) is 53.2 Å². The Labute approximate surface area is 167 Å². The molecule has 2 amide bonds. The number of carbonyl (C=O) groups is 3. The summed E-state index contributed by atoms with van der Waals surface area (Å²) < 4.78 is 6.57. The van der Waals surface area contributed by atoms with E-state index in [9.17, 15) is 14.4 Å². The third-order valence-electron chi connectivity index (χ3n) is 4.46. The van der Waals surface area contributed by atoms with Crippen molar-refractivity contribution in [2.24, 2.45) is 0 Å². The minimum Gasteiger partial charge on any atom is -0.467 e. The minimum absolute atomic E-state index is 0.269. The summed E-state index contributed by atoms with van der Waals surface area (Å²) in [4.78, 5) is 39.9. The number of anilines is 1. The SMILES string of the molecule is COC(=O)C(C)N1C(=O)S/C(=C/c2cccn2-c2ccc(N(C)C)cc2)C1=O. The average molecular weight is 399 g/mol. The Morgan fingerprint density at radius 2 is 1.86 bits per heavy atom. The molecule has 0 radical (unpaired) electrons. The van der Waals surface area contributed by atoms with E-state index in [1.165, 1.54) is 14.0 Å². The molecule has 1 unspecified atom stereocenters. The van der Waals surface area contributed by atoms with Gasteiger partial charge in [0.05, 0.1) is 12.0 Å². The van der Waals surface area contributed by atoms with E-state index in [1.807, 2.05) is 66.2 Å². The number of ether oxygens (including phenoxy) is 1. The summed E-state index contributed by atoms with van der Waals surface area (Å²) in [5.41, 5.74) is 2.77. The Morgan fingerprint density at radius 1 is 1.18 bits per heavy atom. The number of benzene rings is 1. The molecule has 0 N–H and O–H groups in total. The fourth-order valence-electron chi connectivity index (χ4n) is 2.88. The van der Waals surface area contributed by atoms with Crippen molar-refractivity contribution < 1.29 is 19.1 Å². The maximum atomic E-state index is 12.7. The molecule has 0 saturated carbocycles. The second-order valence-corrected chi connectivity index (χ2v) is 7.46. The summed E-state index contributed by atoms with van der Waals surface area (Å²) in [6.07, 6.45) is 3.55. The standard InChI is InChI=1S/C20H21N3O4S/c1-13(19(25)27-4)23-18(24)17(28-20(23)26)12-16-6-5-11-22(16)15-9-7-14(8-10-15)21(2)3/h5-13H,1-4H3/b17-12+.